The number of hydrogen-bond donors (Lipinski definition) is 2. The number of aliphatic hydroxyl groups excluding tert-OH is 1. The van der Waals surface area contributed by atoms with Crippen molar-refractivity contribution < 1.29 is 19.8 Å². The molecule has 0 radical (unpaired) electrons. The average Bonchev–Trinajstić information content (AvgIpc) is 2.04. The number of carbonyl (C=O) groups is 2. The number of aldehydes is 1. The van der Waals surface area contributed by atoms with Crippen molar-refractivity contribution in [1.82, 2.24) is 0 Å². The topological polar surface area (TPSA) is 74.6 Å². The Hall–Kier alpha value is -0.900. The summed E-state index contributed by atoms with van der Waals surface area (Å²) < 4.78 is 0. The largest absolute Gasteiger partial charge is 0.481 e. The number of carboxylic acids is 1. The predicted molar refractivity (Wildman–Crippen MR) is 42.7 cm³/mol. The highest BCUT2D eigenvalue weighted by Gasteiger charge is 2.24. The molecular weight excluding hydrogens is 160 g/mol. The molecule has 0 spiro atoms. The molecule has 0 fully saturated rings. The lowest BCUT2D eigenvalue weighted by molar-refractivity contribution is -0.148. The summed E-state index contributed by atoms with van der Waals surface area (Å²) in [5, 5.41) is 17.5. The molecule has 0 aromatic carbocycles. The van der Waals surface area contributed by atoms with Crippen molar-refractivity contribution in [1.29, 1.82) is 0 Å². The SMILES string of the molecule is CCCCC(C(=O)O)C(O)C=O. The van der Waals surface area contributed by atoms with Crippen LogP contribution < -0.4 is 0 Å². The lowest BCUT2D eigenvalue weighted by Gasteiger charge is -2.12. The number of aliphatic hydroxyl groups is 1. The van der Waals surface area contributed by atoms with Crippen LogP contribution in [0, 0.1) is 5.92 Å². The summed E-state index contributed by atoms with van der Waals surface area (Å²) in [6, 6.07) is 0. The first-order chi connectivity index (χ1) is 5.63. The Balaban J connectivity index is 4.03. The molecule has 0 saturated heterocycles. The van der Waals surface area contributed by atoms with E-state index in [2.05, 4.69) is 0 Å². The van der Waals surface area contributed by atoms with Gasteiger partial charge in [-0.05, 0) is 6.42 Å². The second-order valence-electron chi connectivity index (χ2n) is 2.71. The minimum Gasteiger partial charge on any atom is -0.481 e. The van der Waals surface area contributed by atoms with Gasteiger partial charge in [0.1, 0.15) is 12.4 Å². The number of hydrogen-bond acceptors (Lipinski definition) is 3. The van der Waals surface area contributed by atoms with Crippen molar-refractivity contribution in [2.24, 2.45) is 5.92 Å². The Morgan fingerprint density at radius 3 is 2.50 bits per heavy atom. The van der Waals surface area contributed by atoms with E-state index in [1.807, 2.05) is 6.92 Å². The van der Waals surface area contributed by atoms with Crippen LogP contribution in [0.15, 0.2) is 0 Å². The van der Waals surface area contributed by atoms with E-state index in [0.717, 1.165) is 6.42 Å². The molecule has 70 valence electrons. The maximum atomic E-state index is 10.5. The molecule has 0 aliphatic rings. The fourth-order valence-corrected chi connectivity index (χ4v) is 0.959. The predicted octanol–water partition coefficient (Wildman–Crippen LogP) is 0.437. The number of unbranched alkanes of at least 4 members (excludes halogenated alkanes) is 1. The molecule has 0 saturated carbocycles. The second kappa shape index (κ2) is 5.71. The molecule has 0 aliphatic heterocycles. The van der Waals surface area contributed by atoms with Crippen molar-refractivity contribution in [2.45, 2.75) is 32.3 Å². The summed E-state index contributed by atoms with van der Waals surface area (Å²) >= 11 is 0. The highest BCUT2D eigenvalue weighted by molar-refractivity contribution is 5.75. The van der Waals surface area contributed by atoms with Gasteiger partial charge < -0.3 is 15.0 Å². The van der Waals surface area contributed by atoms with E-state index >= 15 is 0 Å². The molecule has 2 atom stereocenters. The fraction of sp³-hybridized carbons (Fsp3) is 0.750. The van der Waals surface area contributed by atoms with Crippen LogP contribution in [-0.4, -0.2) is 28.6 Å². The lowest BCUT2D eigenvalue weighted by atomic mass is 9.97. The molecule has 0 rings (SSSR count). The van der Waals surface area contributed by atoms with Crippen molar-refractivity contribution in [3.8, 4) is 0 Å². The molecule has 0 aliphatic carbocycles. The third-order valence-corrected chi connectivity index (χ3v) is 1.74. The van der Waals surface area contributed by atoms with Crippen LogP contribution in [0.5, 0.6) is 0 Å². The maximum absolute atomic E-state index is 10.5. The van der Waals surface area contributed by atoms with Gasteiger partial charge in [-0.3, -0.25) is 4.79 Å². The third-order valence-electron chi connectivity index (χ3n) is 1.74. The van der Waals surface area contributed by atoms with Gasteiger partial charge in [0.15, 0.2) is 0 Å². The van der Waals surface area contributed by atoms with E-state index in [1.165, 1.54) is 0 Å². The van der Waals surface area contributed by atoms with Gasteiger partial charge in [0.25, 0.3) is 0 Å². The smallest absolute Gasteiger partial charge is 0.309 e. The molecule has 0 aromatic rings. The van der Waals surface area contributed by atoms with Crippen LogP contribution in [-0.2, 0) is 9.59 Å². The molecule has 0 bridgehead atoms. The molecule has 2 N–H and O–H groups in total. The van der Waals surface area contributed by atoms with Crippen LogP contribution in [0.1, 0.15) is 26.2 Å². The van der Waals surface area contributed by atoms with Crippen molar-refractivity contribution >= 4 is 12.3 Å². The zero-order valence-electron chi connectivity index (χ0n) is 7.06. The van der Waals surface area contributed by atoms with Crippen molar-refractivity contribution in [3.63, 3.8) is 0 Å². The number of carbonyl (C=O) groups excluding carboxylic acids is 1. The Bertz CT molecular complexity index is 155. The average molecular weight is 174 g/mol. The number of rotatable bonds is 6. The van der Waals surface area contributed by atoms with Gasteiger partial charge in [0.05, 0.1) is 5.92 Å². The van der Waals surface area contributed by atoms with Gasteiger partial charge in [0, 0.05) is 0 Å². The number of aliphatic carboxylic acids is 1. The van der Waals surface area contributed by atoms with Crippen LogP contribution >= 0.6 is 0 Å². The molecule has 2 unspecified atom stereocenters. The standard InChI is InChI=1S/C8H14O4/c1-2-3-4-6(8(11)12)7(10)5-9/h5-7,10H,2-4H2,1H3,(H,11,12). The minimum absolute atomic E-state index is 0.272. The van der Waals surface area contributed by atoms with Crippen LogP contribution in [0.2, 0.25) is 0 Å². The lowest BCUT2D eigenvalue weighted by Crippen LogP contribution is -2.29. The highest BCUT2D eigenvalue weighted by Crippen LogP contribution is 2.12. The second-order valence-corrected chi connectivity index (χ2v) is 2.71. The summed E-state index contributed by atoms with van der Waals surface area (Å²) in [5.41, 5.74) is 0. The van der Waals surface area contributed by atoms with Crippen LogP contribution in [0.3, 0.4) is 0 Å². The molecular formula is C8H14O4. The molecule has 0 aromatic heterocycles. The fourth-order valence-electron chi connectivity index (χ4n) is 0.959. The summed E-state index contributed by atoms with van der Waals surface area (Å²) in [6.45, 7) is 1.92. The minimum atomic E-state index is -1.37. The highest BCUT2D eigenvalue weighted by atomic mass is 16.4. The molecule has 4 nitrogen and oxygen atoms in total. The van der Waals surface area contributed by atoms with E-state index < -0.39 is 18.0 Å². The number of carboxylic acid groups (broad SMARTS) is 1. The summed E-state index contributed by atoms with van der Waals surface area (Å²) in [5.74, 6) is -2.05. The van der Waals surface area contributed by atoms with E-state index in [1.54, 1.807) is 0 Å². The van der Waals surface area contributed by atoms with Crippen LogP contribution in [0.4, 0.5) is 0 Å². The van der Waals surface area contributed by atoms with Gasteiger partial charge in [0.2, 0.25) is 0 Å². The van der Waals surface area contributed by atoms with E-state index in [0.29, 0.717) is 12.8 Å². The molecule has 4 heteroatoms. The van der Waals surface area contributed by atoms with Crippen LogP contribution in [0.25, 0.3) is 0 Å². The summed E-state index contributed by atoms with van der Waals surface area (Å²) in [4.78, 5) is 20.6. The first-order valence-corrected chi connectivity index (χ1v) is 3.99. The first kappa shape index (κ1) is 11.1. The molecule has 12 heavy (non-hydrogen) atoms. The monoisotopic (exact) mass is 174 g/mol. The summed E-state index contributed by atoms with van der Waals surface area (Å²) in [7, 11) is 0. The first-order valence-electron chi connectivity index (χ1n) is 3.99. The van der Waals surface area contributed by atoms with Gasteiger partial charge in [-0.25, -0.2) is 0 Å². The quantitative estimate of drug-likeness (QED) is 0.573. The van der Waals surface area contributed by atoms with Gasteiger partial charge in [-0.1, -0.05) is 19.8 Å². The van der Waals surface area contributed by atoms with Gasteiger partial charge >= 0.3 is 5.97 Å². The van der Waals surface area contributed by atoms with Crippen molar-refractivity contribution in [3.05, 3.63) is 0 Å². The van der Waals surface area contributed by atoms with Gasteiger partial charge in [-0.15, -0.1) is 0 Å². The Labute approximate surface area is 71.2 Å². The van der Waals surface area contributed by atoms with E-state index in [-0.39, 0.29) is 6.29 Å². The van der Waals surface area contributed by atoms with Crippen molar-refractivity contribution in [2.75, 3.05) is 0 Å². The normalized spacial score (nSPS) is 15.2. The Morgan fingerprint density at radius 2 is 2.17 bits per heavy atom. The zero-order valence-corrected chi connectivity index (χ0v) is 7.06. The molecule has 0 heterocycles. The maximum Gasteiger partial charge on any atom is 0.309 e. The van der Waals surface area contributed by atoms with E-state index in [9.17, 15) is 9.59 Å². The summed E-state index contributed by atoms with van der Waals surface area (Å²) in [6.07, 6.45) is 0.825. The molecule has 0 amide bonds. The van der Waals surface area contributed by atoms with E-state index in [4.69, 9.17) is 10.2 Å². The third kappa shape index (κ3) is 3.48. The Kier molecular flexibility index (Phi) is 5.28. The zero-order chi connectivity index (χ0) is 9.56. The Morgan fingerprint density at radius 1 is 1.58 bits per heavy atom. The van der Waals surface area contributed by atoms with Gasteiger partial charge in [-0.2, -0.15) is 0 Å².